The van der Waals surface area contributed by atoms with E-state index in [1.807, 2.05) is 4.90 Å². The van der Waals surface area contributed by atoms with Crippen LogP contribution in [0.2, 0.25) is 5.02 Å². The van der Waals surface area contributed by atoms with Gasteiger partial charge in [-0.25, -0.2) is 17.9 Å². The van der Waals surface area contributed by atoms with Gasteiger partial charge in [0.2, 0.25) is 10.0 Å². The van der Waals surface area contributed by atoms with Crippen LogP contribution in [0.3, 0.4) is 0 Å². The minimum absolute atomic E-state index is 0.0620. The summed E-state index contributed by atoms with van der Waals surface area (Å²) in [4.78, 5) is 14.5. The molecular weight excluding hydrogens is 398 g/mol. The van der Waals surface area contributed by atoms with Crippen molar-refractivity contribution in [3.8, 4) is 0 Å². The number of sulfonamides is 1. The number of likely N-dealkylation sites (tertiary alicyclic amines) is 1. The van der Waals surface area contributed by atoms with Gasteiger partial charge in [0.25, 0.3) is 0 Å². The van der Waals surface area contributed by atoms with Crippen LogP contribution in [0.1, 0.15) is 51.4 Å². The second-order valence-electron chi connectivity index (χ2n) is 7.86. The molecule has 0 bridgehead atoms. The van der Waals surface area contributed by atoms with E-state index in [9.17, 15) is 13.2 Å². The first-order valence-electron chi connectivity index (χ1n) is 10.2. The lowest BCUT2D eigenvalue weighted by atomic mass is 9.93. The van der Waals surface area contributed by atoms with Gasteiger partial charge in [-0.3, -0.25) is 0 Å². The average molecular weight is 428 g/mol. The van der Waals surface area contributed by atoms with Crippen molar-refractivity contribution in [1.82, 2.24) is 14.9 Å². The zero-order valence-corrected chi connectivity index (χ0v) is 17.8. The molecule has 0 aromatic heterocycles. The molecule has 8 heteroatoms. The summed E-state index contributed by atoms with van der Waals surface area (Å²) in [6.45, 7) is 1.88. The number of hydrogen-bond donors (Lipinski definition) is 2. The smallest absolute Gasteiger partial charge is 0.317 e. The van der Waals surface area contributed by atoms with Crippen LogP contribution < -0.4 is 10.0 Å². The zero-order valence-electron chi connectivity index (χ0n) is 16.2. The maximum Gasteiger partial charge on any atom is 0.317 e. The third-order valence-electron chi connectivity index (χ3n) is 5.79. The van der Waals surface area contributed by atoms with Crippen LogP contribution in [0.15, 0.2) is 29.2 Å². The van der Waals surface area contributed by atoms with Crippen molar-refractivity contribution in [1.29, 1.82) is 0 Å². The molecule has 1 aromatic rings. The van der Waals surface area contributed by atoms with Crippen molar-refractivity contribution >= 4 is 27.7 Å². The molecule has 6 nitrogen and oxygen atoms in total. The molecule has 3 rings (SSSR count). The van der Waals surface area contributed by atoms with E-state index in [-0.39, 0.29) is 10.9 Å². The third-order valence-corrected chi connectivity index (χ3v) is 7.48. The number of benzene rings is 1. The van der Waals surface area contributed by atoms with Gasteiger partial charge in [0, 0.05) is 30.7 Å². The van der Waals surface area contributed by atoms with Gasteiger partial charge in [0.15, 0.2) is 0 Å². The largest absolute Gasteiger partial charge is 0.335 e. The summed E-state index contributed by atoms with van der Waals surface area (Å²) < 4.78 is 27.3. The monoisotopic (exact) mass is 427 g/mol. The zero-order chi connectivity index (χ0) is 20.0. The summed E-state index contributed by atoms with van der Waals surface area (Å²) in [5.41, 5.74) is 0. The number of nitrogens with zero attached hydrogens (tertiary/aromatic N) is 1. The molecular formula is C20H30ClN3O3S. The summed E-state index contributed by atoms with van der Waals surface area (Å²) in [6, 6.07) is 6.67. The molecule has 156 valence electrons. The molecule has 28 heavy (non-hydrogen) atoms. The summed E-state index contributed by atoms with van der Waals surface area (Å²) >= 11 is 5.88. The molecule has 0 unspecified atom stereocenters. The van der Waals surface area contributed by atoms with Crippen molar-refractivity contribution in [2.75, 3.05) is 19.6 Å². The van der Waals surface area contributed by atoms with E-state index < -0.39 is 10.0 Å². The Hall–Kier alpha value is -1.31. The highest BCUT2D eigenvalue weighted by atomic mass is 35.5. The Morgan fingerprint density at radius 3 is 2.50 bits per heavy atom. The van der Waals surface area contributed by atoms with Crippen molar-refractivity contribution in [3.63, 3.8) is 0 Å². The van der Waals surface area contributed by atoms with E-state index in [0.717, 1.165) is 45.2 Å². The van der Waals surface area contributed by atoms with Crippen LogP contribution in [0.25, 0.3) is 0 Å². The van der Waals surface area contributed by atoms with Crippen LogP contribution in [0.4, 0.5) is 4.79 Å². The van der Waals surface area contributed by atoms with E-state index in [1.54, 1.807) is 12.1 Å². The first-order valence-corrected chi connectivity index (χ1v) is 12.1. The maximum atomic E-state index is 12.4. The van der Waals surface area contributed by atoms with Crippen LogP contribution in [0.5, 0.6) is 0 Å². The quantitative estimate of drug-likeness (QED) is 0.725. The number of carbonyl (C=O) groups is 1. The number of halogens is 1. The van der Waals surface area contributed by atoms with Crippen molar-refractivity contribution in [3.05, 3.63) is 29.3 Å². The minimum Gasteiger partial charge on any atom is -0.335 e. The van der Waals surface area contributed by atoms with Gasteiger partial charge in [-0.1, -0.05) is 36.9 Å². The SMILES string of the molecule is O=C(NC1CCCCC1)N1CCC(CCNS(=O)(=O)c2cccc(Cl)c2)CC1. The van der Waals surface area contributed by atoms with Crippen LogP contribution in [-0.4, -0.2) is 45.0 Å². The van der Waals surface area contributed by atoms with Crippen LogP contribution in [0, 0.1) is 5.92 Å². The number of rotatable bonds is 6. The summed E-state index contributed by atoms with van der Waals surface area (Å²) in [5, 5.41) is 3.58. The van der Waals surface area contributed by atoms with Crippen LogP contribution >= 0.6 is 11.6 Å². The standard InChI is InChI=1S/C20H30ClN3O3S/c21-17-5-4-8-19(15-17)28(26,27)22-12-9-16-10-13-24(14-11-16)20(25)23-18-6-2-1-3-7-18/h4-5,8,15-16,18,22H,1-3,6-7,9-14H2,(H,23,25). The Labute approximate surface area is 173 Å². The van der Waals surface area contributed by atoms with E-state index in [2.05, 4.69) is 10.0 Å². The molecule has 1 saturated heterocycles. The number of urea groups is 1. The van der Waals surface area contributed by atoms with Gasteiger partial charge < -0.3 is 10.2 Å². The average Bonchev–Trinajstić information content (AvgIpc) is 2.69. The fourth-order valence-electron chi connectivity index (χ4n) is 4.05. The van der Waals surface area contributed by atoms with Gasteiger partial charge in [0.1, 0.15) is 0 Å². The van der Waals surface area contributed by atoms with E-state index in [1.165, 1.54) is 31.4 Å². The molecule has 1 aliphatic heterocycles. The van der Waals surface area contributed by atoms with Gasteiger partial charge in [-0.05, 0) is 56.2 Å². The highest BCUT2D eigenvalue weighted by Gasteiger charge is 2.25. The molecule has 1 saturated carbocycles. The van der Waals surface area contributed by atoms with Crippen molar-refractivity contribution in [2.45, 2.75) is 62.3 Å². The third kappa shape index (κ3) is 6.09. The van der Waals surface area contributed by atoms with Gasteiger partial charge in [-0.2, -0.15) is 0 Å². The predicted molar refractivity (Wildman–Crippen MR) is 111 cm³/mol. The Morgan fingerprint density at radius 1 is 1.11 bits per heavy atom. The maximum absolute atomic E-state index is 12.4. The summed E-state index contributed by atoms with van der Waals surface area (Å²) in [7, 11) is -3.53. The predicted octanol–water partition coefficient (Wildman–Crippen LogP) is 3.76. The molecule has 0 radical (unpaired) electrons. The van der Waals surface area contributed by atoms with Crippen LogP contribution in [-0.2, 0) is 10.0 Å². The van der Waals surface area contributed by atoms with E-state index in [4.69, 9.17) is 11.6 Å². The van der Waals surface area contributed by atoms with E-state index >= 15 is 0 Å². The molecule has 1 aromatic carbocycles. The highest BCUT2D eigenvalue weighted by Crippen LogP contribution is 2.22. The summed E-state index contributed by atoms with van der Waals surface area (Å²) in [6.07, 6.45) is 8.48. The number of amides is 2. The lowest BCUT2D eigenvalue weighted by Crippen LogP contribution is -2.48. The number of hydrogen-bond acceptors (Lipinski definition) is 3. The molecule has 2 fully saturated rings. The molecule has 2 amide bonds. The second kappa shape index (κ2) is 9.94. The molecule has 1 aliphatic carbocycles. The molecule has 1 heterocycles. The molecule has 0 spiro atoms. The van der Waals surface area contributed by atoms with E-state index in [0.29, 0.717) is 23.5 Å². The Bertz CT molecular complexity index is 758. The molecule has 2 N–H and O–H groups in total. The van der Waals surface area contributed by atoms with Gasteiger partial charge in [-0.15, -0.1) is 0 Å². The Morgan fingerprint density at radius 2 is 1.82 bits per heavy atom. The van der Waals surface area contributed by atoms with Gasteiger partial charge >= 0.3 is 6.03 Å². The topological polar surface area (TPSA) is 78.5 Å². The minimum atomic E-state index is -3.53. The second-order valence-corrected chi connectivity index (χ2v) is 10.1. The number of carbonyl (C=O) groups excluding carboxylic acids is 1. The fourth-order valence-corrected chi connectivity index (χ4v) is 5.40. The van der Waals surface area contributed by atoms with Gasteiger partial charge in [0.05, 0.1) is 4.90 Å². The first kappa shape index (κ1) is 21.4. The summed E-state index contributed by atoms with van der Waals surface area (Å²) in [5.74, 6) is 0.431. The normalized spacial score (nSPS) is 19.5. The lowest BCUT2D eigenvalue weighted by Gasteiger charge is -2.34. The molecule has 2 aliphatic rings. The lowest BCUT2D eigenvalue weighted by molar-refractivity contribution is 0.162. The highest BCUT2D eigenvalue weighted by molar-refractivity contribution is 7.89. The Kier molecular flexibility index (Phi) is 7.60. The Balaban J connectivity index is 1.38. The fraction of sp³-hybridized carbons (Fsp3) is 0.650. The van der Waals surface area contributed by atoms with Crippen molar-refractivity contribution < 1.29 is 13.2 Å². The number of nitrogens with one attached hydrogen (secondary N) is 2. The van der Waals surface area contributed by atoms with Crippen molar-refractivity contribution in [2.24, 2.45) is 5.92 Å². The molecule has 0 atom stereocenters. The first-order chi connectivity index (χ1) is 13.4. The number of piperidine rings is 1.